The van der Waals surface area contributed by atoms with E-state index in [9.17, 15) is 9.59 Å². The Morgan fingerprint density at radius 3 is 2.90 bits per heavy atom. The lowest BCUT2D eigenvalue weighted by molar-refractivity contribution is -0.123. The molecule has 0 spiro atoms. The minimum absolute atomic E-state index is 0.167. The molecule has 1 N–H and O–H groups in total. The Hall–Kier alpha value is -3.20. The van der Waals surface area contributed by atoms with Gasteiger partial charge in [0.15, 0.2) is 11.5 Å². The van der Waals surface area contributed by atoms with E-state index in [4.69, 9.17) is 9.47 Å². The maximum atomic E-state index is 13.1. The van der Waals surface area contributed by atoms with Crippen molar-refractivity contribution >= 4 is 33.2 Å². The molecule has 1 amide bonds. The van der Waals surface area contributed by atoms with Crippen molar-refractivity contribution in [2.24, 2.45) is 5.10 Å². The number of thiophene rings is 1. The van der Waals surface area contributed by atoms with Crippen molar-refractivity contribution in [3.63, 3.8) is 0 Å². The normalized spacial score (nSPS) is 16.3. The minimum atomic E-state index is -0.738. The smallest absolute Gasteiger partial charge is 0.263 e. The van der Waals surface area contributed by atoms with Gasteiger partial charge in [0.1, 0.15) is 24.1 Å². The van der Waals surface area contributed by atoms with Crippen LogP contribution in [0.25, 0.3) is 10.2 Å². The van der Waals surface area contributed by atoms with E-state index < -0.39 is 6.04 Å². The maximum Gasteiger partial charge on any atom is 0.263 e. The van der Waals surface area contributed by atoms with Gasteiger partial charge in [-0.2, -0.15) is 5.10 Å². The number of aryl methyl sites for hydroxylation is 2. The highest BCUT2D eigenvalue weighted by atomic mass is 32.1. The molecular formula is C22H22N4O4S. The Morgan fingerprint density at radius 2 is 2.06 bits per heavy atom. The van der Waals surface area contributed by atoms with Crippen molar-refractivity contribution in [2.75, 3.05) is 13.2 Å². The Morgan fingerprint density at radius 1 is 1.26 bits per heavy atom. The first-order chi connectivity index (χ1) is 15.0. The Balaban J connectivity index is 1.36. The van der Waals surface area contributed by atoms with Crippen LogP contribution in [-0.4, -0.2) is 34.4 Å². The summed E-state index contributed by atoms with van der Waals surface area (Å²) < 4.78 is 12.5. The molecule has 1 aliphatic carbocycles. The number of carbonyl (C=O) groups is 1. The van der Waals surface area contributed by atoms with Crippen molar-refractivity contribution in [3.8, 4) is 11.5 Å². The molecule has 9 heteroatoms. The zero-order valence-corrected chi connectivity index (χ0v) is 18.1. The number of carbonyl (C=O) groups excluding carboxylic acids is 1. The maximum absolute atomic E-state index is 13.1. The predicted octanol–water partition coefficient (Wildman–Crippen LogP) is 2.82. The van der Waals surface area contributed by atoms with Crippen LogP contribution in [0.15, 0.2) is 34.4 Å². The summed E-state index contributed by atoms with van der Waals surface area (Å²) in [5.41, 5.74) is 4.94. The number of hydrazone groups is 1. The second-order valence-electron chi connectivity index (χ2n) is 7.70. The molecule has 0 unspecified atom stereocenters. The monoisotopic (exact) mass is 438 g/mol. The number of rotatable bonds is 4. The topological polar surface area (TPSA) is 94.8 Å². The van der Waals surface area contributed by atoms with Gasteiger partial charge in [-0.3, -0.25) is 14.2 Å². The van der Waals surface area contributed by atoms with Gasteiger partial charge in [-0.15, -0.1) is 11.3 Å². The van der Waals surface area contributed by atoms with Crippen LogP contribution in [0.4, 0.5) is 0 Å². The van der Waals surface area contributed by atoms with E-state index >= 15 is 0 Å². The van der Waals surface area contributed by atoms with Gasteiger partial charge in [0.25, 0.3) is 11.5 Å². The number of hydrogen-bond acceptors (Lipinski definition) is 7. The summed E-state index contributed by atoms with van der Waals surface area (Å²) in [7, 11) is 0. The molecule has 3 heterocycles. The molecule has 3 aromatic rings. The molecule has 31 heavy (non-hydrogen) atoms. The zero-order chi connectivity index (χ0) is 21.5. The number of benzene rings is 1. The van der Waals surface area contributed by atoms with Gasteiger partial charge in [-0.05, 0) is 56.9 Å². The summed E-state index contributed by atoms with van der Waals surface area (Å²) >= 11 is 1.58. The summed E-state index contributed by atoms with van der Waals surface area (Å²) in [6.07, 6.45) is 4.42. The highest BCUT2D eigenvalue weighted by Crippen LogP contribution is 2.34. The molecule has 0 bridgehead atoms. The van der Waals surface area contributed by atoms with Crippen LogP contribution >= 0.6 is 11.3 Å². The van der Waals surface area contributed by atoms with E-state index in [0.29, 0.717) is 35.8 Å². The number of hydrogen-bond donors (Lipinski definition) is 1. The number of nitrogens with zero attached hydrogens (tertiary/aromatic N) is 3. The predicted molar refractivity (Wildman–Crippen MR) is 118 cm³/mol. The minimum Gasteiger partial charge on any atom is -0.486 e. The number of aromatic nitrogens is 2. The molecule has 1 aliphatic heterocycles. The van der Waals surface area contributed by atoms with Gasteiger partial charge in [-0.1, -0.05) is 0 Å². The van der Waals surface area contributed by atoms with Crippen LogP contribution < -0.4 is 20.5 Å². The van der Waals surface area contributed by atoms with E-state index in [1.807, 2.05) is 18.2 Å². The fourth-order valence-corrected chi connectivity index (χ4v) is 5.18. The first kappa shape index (κ1) is 19.7. The lowest BCUT2D eigenvalue weighted by atomic mass is 10.1. The summed E-state index contributed by atoms with van der Waals surface area (Å²) in [4.78, 5) is 32.2. The van der Waals surface area contributed by atoms with E-state index in [0.717, 1.165) is 35.2 Å². The van der Waals surface area contributed by atoms with Crippen molar-refractivity contribution in [1.82, 2.24) is 15.0 Å². The molecular weight excluding hydrogens is 416 g/mol. The van der Waals surface area contributed by atoms with Gasteiger partial charge in [0.05, 0.1) is 17.4 Å². The van der Waals surface area contributed by atoms with E-state index in [-0.39, 0.29) is 11.5 Å². The second kappa shape index (κ2) is 7.81. The van der Waals surface area contributed by atoms with Crippen molar-refractivity contribution in [2.45, 2.75) is 39.2 Å². The first-order valence-corrected chi connectivity index (χ1v) is 11.1. The highest BCUT2D eigenvalue weighted by Gasteiger charge is 2.24. The number of amides is 1. The molecule has 0 saturated heterocycles. The fourth-order valence-electron chi connectivity index (χ4n) is 3.97. The van der Waals surface area contributed by atoms with Gasteiger partial charge < -0.3 is 9.47 Å². The van der Waals surface area contributed by atoms with Crippen LogP contribution in [0.3, 0.4) is 0 Å². The number of nitrogens with one attached hydrogen (secondary N) is 1. The van der Waals surface area contributed by atoms with Crippen LogP contribution in [0.1, 0.15) is 42.3 Å². The van der Waals surface area contributed by atoms with E-state index in [2.05, 4.69) is 15.5 Å². The number of ether oxygens (including phenoxy) is 2. The Labute approximate surface area is 182 Å². The third-order valence-corrected chi connectivity index (χ3v) is 6.94. The summed E-state index contributed by atoms with van der Waals surface area (Å²) in [5, 5.41) is 4.88. The molecule has 1 atom stereocenters. The van der Waals surface area contributed by atoms with Crippen LogP contribution in [0, 0.1) is 0 Å². The lowest BCUT2D eigenvalue weighted by Crippen LogP contribution is -2.34. The average molecular weight is 439 g/mol. The van der Waals surface area contributed by atoms with Crippen LogP contribution in [-0.2, 0) is 17.6 Å². The molecule has 2 aliphatic rings. The quantitative estimate of drug-likeness (QED) is 0.499. The summed E-state index contributed by atoms with van der Waals surface area (Å²) in [6.45, 7) is 4.50. The zero-order valence-electron chi connectivity index (χ0n) is 17.3. The standard InChI is InChI=1S/C22H22N4O4S/c1-12(14-6-7-16-17(10-14)30-9-8-29-16)24-25-20(27)13(2)26-11-23-21-19(22(26)28)15-4-3-5-18(15)31-21/h6-7,10-11,13H,3-5,8-9H2,1-2H3,(H,25,27)/b24-12+/t13-/m0/s1. The van der Waals surface area contributed by atoms with Crippen molar-refractivity contribution < 1.29 is 14.3 Å². The van der Waals surface area contributed by atoms with Gasteiger partial charge >= 0.3 is 0 Å². The molecule has 1 aromatic carbocycles. The lowest BCUT2D eigenvalue weighted by Gasteiger charge is -2.18. The average Bonchev–Trinajstić information content (AvgIpc) is 3.38. The Bertz CT molecular complexity index is 1280. The number of fused-ring (bicyclic) bond motifs is 4. The first-order valence-electron chi connectivity index (χ1n) is 10.3. The molecule has 5 rings (SSSR count). The third kappa shape index (κ3) is 3.48. The Kier molecular flexibility index (Phi) is 4.97. The van der Waals surface area contributed by atoms with E-state index in [1.165, 1.54) is 15.8 Å². The summed E-state index contributed by atoms with van der Waals surface area (Å²) in [6, 6.07) is 4.79. The van der Waals surface area contributed by atoms with E-state index in [1.54, 1.807) is 25.2 Å². The SMILES string of the molecule is C/C(=N\NC(=O)[C@H](C)n1cnc2sc3c(c2c1=O)CCC3)c1ccc2c(c1)OCCO2. The summed E-state index contributed by atoms with van der Waals surface area (Å²) in [5.74, 6) is 0.974. The van der Waals surface area contributed by atoms with Gasteiger partial charge in [0, 0.05) is 10.4 Å². The molecule has 0 saturated carbocycles. The van der Waals surface area contributed by atoms with Crippen molar-refractivity contribution in [1.29, 1.82) is 0 Å². The molecule has 2 aromatic heterocycles. The fraction of sp³-hybridized carbons (Fsp3) is 0.364. The second-order valence-corrected chi connectivity index (χ2v) is 8.79. The third-order valence-electron chi connectivity index (χ3n) is 5.74. The molecule has 8 nitrogen and oxygen atoms in total. The van der Waals surface area contributed by atoms with Crippen LogP contribution in [0.5, 0.6) is 11.5 Å². The van der Waals surface area contributed by atoms with Crippen LogP contribution in [0.2, 0.25) is 0 Å². The van der Waals surface area contributed by atoms with Gasteiger partial charge in [0.2, 0.25) is 0 Å². The molecule has 0 radical (unpaired) electrons. The molecule has 160 valence electrons. The molecule has 0 fully saturated rings. The van der Waals surface area contributed by atoms with Crippen molar-refractivity contribution in [3.05, 3.63) is 50.9 Å². The van der Waals surface area contributed by atoms with Gasteiger partial charge in [-0.25, -0.2) is 10.4 Å². The largest absolute Gasteiger partial charge is 0.486 e. The highest BCUT2D eigenvalue weighted by molar-refractivity contribution is 7.18.